The first-order chi connectivity index (χ1) is 12.5. The van der Waals surface area contributed by atoms with Gasteiger partial charge >= 0.3 is 0 Å². The summed E-state index contributed by atoms with van der Waals surface area (Å²) in [5.74, 6) is 2.01. The fourth-order valence-electron chi connectivity index (χ4n) is 3.45. The molecule has 6 nitrogen and oxygen atoms in total. The standard InChI is InChI=1S/C20H36N4O2/c1-6-16(2)22-20(21-10-9-19-8-7-12-26-19)23-14-17(3)24(11-13-25-5)18(4)15-23/h7-8,12,16-18H,6,9-11,13-15H2,1-5H3,(H,21,22). The van der Waals surface area contributed by atoms with Crippen LogP contribution < -0.4 is 5.32 Å². The van der Waals surface area contributed by atoms with Crippen molar-refractivity contribution in [3.63, 3.8) is 0 Å². The van der Waals surface area contributed by atoms with E-state index in [2.05, 4.69) is 42.8 Å². The molecule has 1 N–H and O–H groups in total. The maximum absolute atomic E-state index is 5.43. The lowest BCUT2D eigenvalue weighted by atomic mass is 10.1. The van der Waals surface area contributed by atoms with Crippen LogP contribution in [0.1, 0.15) is 39.9 Å². The molecule has 1 aromatic rings. The van der Waals surface area contributed by atoms with Crippen LogP contribution in [-0.4, -0.2) is 73.8 Å². The summed E-state index contributed by atoms with van der Waals surface area (Å²) < 4.78 is 10.7. The van der Waals surface area contributed by atoms with E-state index in [1.54, 1.807) is 13.4 Å². The smallest absolute Gasteiger partial charge is 0.194 e. The lowest BCUT2D eigenvalue weighted by Gasteiger charge is -2.45. The zero-order valence-electron chi connectivity index (χ0n) is 17.1. The van der Waals surface area contributed by atoms with Gasteiger partial charge in [0.1, 0.15) is 5.76 Å². The lowest BCUT2D eigenvalue weighted by molar-refractivity contribution is 0.0441. The number of nitrogens with one attached hydrogen (secondary N) is 1. The SMILES string of the molecule is CCC(C)NC(=NCCc1ccco1)N1CC(C)N(CCOC)C(C)C1. The van der Waals surface area contributed by atoms with Crippen LogP contribution in [0.3, 0.4) is 0 Å². The summed E-state index contributed by atoms with van der Waals surface area (Å²) >= 11 is 0. The van der Waals surface area contributed by atoms with E-state index in [0.717, 1.165) is 57.3 Å². The summed E-state index contributed by atoms with van der Waals surface area (Å²) in [5.41, 5.74) is 0. The monoisotopic (exact) mass is 364 g/mol. The van der Waals surface area contributed by atoms with E-state index in [1.807, 2.05) is 12.1 Å². The number of piperazine rings is 1. The number of nitrogens with zero attached hydrogens (tertiary/aromatic N) is 3. The number of rotatable bonds is 8. The van der Waals surface area contributed by atoms with Crippen LogP contribution in [-0.2, 0) is 11.2 Å². The van der Waals surface area contributed by atoms with Gasteiger partial charge in [0, 0.05) is 57.8 Å². The van der Waals surface area contributed by atoms with E-state index in [0.29, 0.717) is 18.1 Å². The summed E-state index contributed by atoms with van der Waals surface area (Å²) in [5, 5.41) is 3.62. The van der Waals surface area contributed by atoms with Gasteiger partial charge in [-0.25, -0.2) is 0 Å². The van der Waals surface area contributed by atoms with Crippen LogP contribution in [0.5, 0.6) is 0 Å². The van der Waals surface area contributed by atoms with Crippen LogP contribution in [0.2, 0.25) is 0 Å². The van der Waals surface area contributed by atoms with Crippen molar-refractivity contribution in [1.29, 1.82) is 0 Å². The van der Waals surface area contributed by atoms with Crippen molar-refractivity contribution in [3.8, 4) is 0 Å². The highest BCUT2D eigenvalue weighted by Gasteiger charge is 2.30. The van der Waals surface area contributed by atoms with Crippen molar-refractivity contribution >= 4 is 5.96 Å². The molecule has 1 saturated heterocycles. The van der Waals surface area contributed by atoms with Crippen molar-refractivity contribution in [2.45, 2.75) is 58.7 Å². The molecule has 1 aromatic heterocycles. The van der Waals surface area contributed by atoms with Crippen molar-refractivity contribution in [3.05, 3.63) is 24.2 Å². The molecule has 2 heterocycles. The minimum absolute atomic E-state index is 0.412. The minimum atomic E-state index is 0.412. The van der Waals surface area contributed by atoms with Gasteiger partial charge in [0.15, 0.2) is 5.96 Å². The Labute approximate surface area is 158 Å². The van der Waals surface area contributed by atoms with Crippen molar-refractivity contribution in [2.75, 3.05) is 39.9 Å². The molecule has 0 bridgehead atoms. The molecule has 148 valence electrons. The summed E-state index contributed by atoms with van der Waals surface area (Å²) in [4.78, 5) is 9.84. The van der Waals surface area contributed by atoms with Crippen LogP contribution in [0.4, 0.5) is 0 Å². The third kappa shape index (κ3) is 6.02. The number of aliphatic imine (C=N–C) groups is 1. The minimum Gasteiger partial charge on any atom is -0.469 e. The second-order valence-electron chi connectivity index (χ2n) is 7.32. The Kier molecular flexibility index (Phi) is 8.45. The first-order valence-corrected chi connectivity index (χ1v) is 9.88. The number of hydrogen-bond acceptors (Lipinski definition) is 4. The molecule has 1 aliphatic rings. The van der Waals surface area contributed by atoms with Crippen molar-refractivity contribution in [1.82, 2.24) is 15.1 Å². The van der Waals surface area contributed by atoms with Gasteiger partial charge in [-0.2, -0.15) is 0 Å². The maximum Gasteiger partial charge on any atom is 0.194 e. The Morgan fingerprint density at radius 1 is 1.38 bits per heavy atom. The molecule has 0 amide bonds. The molecule has 3 unspecified atom stereocenters. The third-order valence-electron chi connectivity index (χ3n) is 5.14. The van der Waals surface area contributed by atoms with Gasteiger partial charge in [-0.3, -0.25) is 9.89 Å². The van der Waals surface area contributed by atoms with E-state index >= 15 is 0 Å². The van der Waals surface area contributed by atoms with E-state index in [9.17, 15) is 0 Å². The van der Waals surface area contributed by atoms with Gasteiger partial charge in [0.2, 0.25) is 0 Å². The first-order valence-electron chi connectivity index (χ1n) is 9.88. The van der Waals surface area contributed by atoms with Gasteiger partial charge in [-0.05, 0) is 39.3 Å². The maximum atomic E-state index is 5.43. The lowest BCUT2D eigenvalue weighted by Crippen LogP contribution is -2.61. The topological polar surface area (TPSA) is 53.2 Å². The van der Waals surface area contributed by atoms with Gasteiger partial charge in [-0.15, -0.1) is 0 Å². The highest BCUT2D eigenvalue weighted by atomic mass is 16.5. The predicted molar refractivity (Wildman–Crippen MR) is 107 cm³/mol. The first kappa shape index (κ1) is 20.8. The molecule has 0 aromatic carbocycles. The highest BCUT2D eigenvalue weighted by molar-refractivity contribution is 5.80. The highest BCUT2D eigenvalue weighted by Crippen LogP contribution is 2.16. The van der Waals surface area contributed by atoms with E-state index in [1.165, 1.54) is 0 Å². The summed E-state index contributed by atoms with van der Waals surface area (Å²) in [6.45, 7) is 13.5. The molecule has 1 aliphatic heterocycles. The molecular formula is C20H36N4O2. The second kappa shape index (κ2) is 10.6. The zero-order valence-corrected chi connectivity index (χ0v) is 17.1. The predicted octanol–water partition coefficient (Wildman–Crippen LogP) is 2.61. The van der Waals surface area contributed by atoms with Gasteiger partial charge in [0.05, 0.1) is 12.9 Å². The van der Waals surface area contributed by atoms with E-state index in [4.69, 9.17) is 14.1 Å². The molecule has 0 radical (unpaired) electrons. The van der Waals surface area contributed by atoms with Crippen LogP contribution in [0, 0.1) is 0 Å². The fraction of sp³-hybridized carbons (Fsp3) is 0.750. The molecule has 0 spiro atoms. The molecule has 6 heteroatoms. The molecule has 0 aliphatic carbocycles. The molecule has 1 fully saturated rings. The molecule has 0 saturated carbocycles. The molecule has 3 atom stereocenters. The van der Waals surface area contributed by atoms with Crippen LogP contribution in [0.25, 0.3) is 0 Å². The number of furan rings is 1. The van der Waals surface area contributed by atoms with Gasteiger partial charge in [0.25, 0.3) is 0 Å². The largest absolute Gasteiger partial charge is 0.469 e. The van der Waals surface area contributed by atoms with E-state index in [-0.39, 0.29) is 0 Å². The third-order valence-corrected chi connectivity index (χ3v) is 5.14. The average Bonchev–Trinajstić information content (AvgIpc) is 3.13. The van der Waals surface area contributed by atoms with Gasteiger partial charge in [-0.1, -0.05) is 6.92 Å². The zero-order chi connectivity index (χ0) is 18.9. The van der Waals surface area contributed by atoms with E-state index < -0.39 is 0 Å². The molecular weight excluding hydrogens is 328 g/mol. The average molecular weight is 365 g/mol. The summed E-state index contributed by atoms with van der Waals surface area (Å²) in [7, 11) is 1.77. The number of ether oxygens (including phenoxy) is 1. The Hall–Kier alpha value is -1.53. The number of hydrogen-bond donors (Lipinski definition) is 1. The Balaban J connectivity index is 2.02. The molecule has 26 heavy (non-hydrogen) atoms. The van der Waals surface area contributed by atoms with Crippen molar-refractivity contribution in [2.24, 2.45) is 4.99 Å². The Bertz CT molecular complexity index is 520. The summed E-state index contributed by atoms with van der Waals surface area (Å²) in [6.07, 6.45) is 3.63. The fourth-order valence-corrected chi connectivity index (χ4v) is 3.45. The quantitative estimate of drug-likeness (QED) is 0.568. The second-order valence-corrected chi connectivity index (χ2v) is 7.32. The number of guanidine groups is 1. The Morgan fingerprint density at radius 3 is 2.69 bits per heavy atom. The normalized spacial score (nSPS) is 23.3. The van der Waals surface area contributed by atoms with Crippen LogP contribution in [0.15, 0.2) is 27.8 Å². The summed E-state index contributed by atoms with van der Waals surface area (Å²) in [6, 6.07) is 5.30. The van der Waals surface area contributed by atoms with Gasteiger partial charge < -0.3 is 19.4 Å². The van der Waals surface area contributed by atoms with Crippen molar-refractivity contribution < 1.29 is 9.15 Å². The number of methoxy groups -OCH3 is 1. The van der Waals surface area contributed by atoms with Crippen LogP contribution >= 0.6 is 0 Å². The molecule has 2 rings (SSSR count). The Morgan fingerprint density at radius 2 is 2.12 bits per heavy atom.